The topological polar surface area (TPSA) is 47.9 Å². The molecule has 1 aromatic rings. The average Bonchev–Trinajstić information content (AvgIpc) is 2.46. The molecule has 0 atom stereocenters. The van der Waals surface area contributed by atoms with E-state index >= 15 is 0 Å². The van der Waals surface area contributed by atoms with Crippen molar-refractivity contribution < 1.29 is 9.50 Å². The van der Waals surface area contributed by atoms with Crippen LogP contribution in [0.3, 0.4) is 0 Å². The summed E-state index contributed by atoms with van der Waals surface area (Å²) in [6.07, 6.45) is 0. The highest BCUT2D eigenvalue weighted by Crippen LogP contribution is 2.29. The quantitative estimate of drug-likeness (QED) is 0.663. The first-order valence-electron chi connectivity index (χ1n) is 7.56. The molecule has 1 aliphatic rings. The maximum absolute atomic E-state index is 13.4. The summed E-state index contributed by atoms with van der Waals surface area (Å²) in [5.74, 6) is 1.01. The van der Waals surface area contributed by atoms with Crippen molar-refractivity contribution in [2.45, 2.75) is 32.1 Å². The third-order valence-electron chi connectivity index (χ3n) is 3.48. The predicted molar refractivity (Wildman–Crippen MR) is 91.0 cm³/mol. The maximum Gasteiger partial charge on any atom is 0.194 e. The van der Waals surface area contributed by atoms with Crippen LogP contribution in [0.25, 0.3) is 0 Å². The highest BCUT2D eigenvalue weighted by atomic mass is 32.2. The number of rotatable bonds is 3. The van der Waals surface area contributed by atoms with Crippen molar-refractivity contribution in [2.75, 3.05) is 25.4 Å². The van der Waals surface area contributed by atoms with Crippen LogP contribution in [0.4, 0.5) is 4.39 Å². The Balaban J connectivity index is 2.10. The summed E-state index contributed by atoms with van der Waals surface area (Å²) in [5.41, 5.74) is 0.747. The smallest absolute Gasteiger partial charge is 0.194 e. The highest BCUT2D eigenvalue weighted by Gasteiger charge is 2.28. The molecular formula is C16H24FN3OS. The first-order valence-corrected chi connectivity index (χ1v) is 8.54. The summed E-state index contributed by atoms with van der Waals surface area (Å²) in [6.45, 7) is 9.61. The van der Waals surface area contributed by atoms with Gasteiger partial charge in [-0.25, -0.2) is 9.38 Å². The SMILES string of the molecule is CCNC(=NCc1ccc(O)c(F)c1)N1CCSC(C)(C)C1. The van der Waals surface area contributed by atoms with Gasteiger partial charge in [0, 0.05) is 30.1 Å². The lowest BCUT2D eigenvalue weighted by atomic mass is 10.2. The molecule has 0 amide bonds. The fourth-order valence-corrected chi connectivity index (χ4v) is 3.55. The molecule has 4 nitrogen and oxygen atoms in total. The van der Waals surface area contributed by atoms with E-state index in [0.717, 1.165) is 36.9 Å². The van der Waals surface area contributed by atoms with Gasteiger partial charge in [-0.15, -0.1) is 0 Å². The second-order valence-corrected chi connectivity index (χ2v) is 7.79. The lowest BCUT2D eigenvalue weighted by Crippen LogP contribution is -2.50. The van der Waals surface area contributed by atoms with Gasteiger partial charge >= 0.3 is 0 Å². The van der Waals surface area contributed by atoms with Gasteiger partial charge in [-0.2, -0.15) is 11.8 Å². The normalized spacial score (nSPS) is 18.4. The van der Waals surface area contributed by atoms with Crippen molar-refractivity contribution in [2.24, 2.45) is 4.99 Å². The van der Waals surface area contributed by atoms with E-state index in [1.165, 1.54) is 12.1 Å². The summed E-state index contributed by atoms with van der Waals surface area (Å²) in [6, 6.07) is 4.40. The van der Waals surface area contributed by atoms with Crippen molar-refractivity contribution in [1.82, 2.24) is 10.2 Å². The minimum Gasteiger partial charge on any atom is -0.505 e. The molecule has 0 spiro atoms. The van der Waals surface area contributed by atoms with Crippen LogP contribution in [-0.4, -0.2) is 46.1 Å². The zero-order valence-corrected chi connectivity index (χ0v) is 14.2. The number of aliphatic imine (C=N–C) groups is 1. The Morgan fingerprint density at radius 2 is 2.27 bits per heavy atom. The highest BCUT2D eigenvalue weighted by molar-refractivity contribution is 8.00. The maximum atomic E-state index is 13.4. The molecule has 1 saturated heterocycles. The molecule has 1 aliphatic heterocycles. The second-order valence-electron chi connectivity index (χ2n) is 5.99. The Hall–Kier alpha value is -1.43. The Bertz CT molecular complexity index is 548. The first kappa shape index (κ1) is 16.9. The van der Waals surface area contributed by atoms with Gasteiger partial charge in [0.1, 0.15) is 0 Å². The van der Waals surface area contributed by atoms with Crippen LogP contribution < -0.4 is 5.32 Å². The molecule has 122 valence electrons. The number of hydrogen-bond acceptors (Lipinski definition) is 3. The zero-order chi connectivity index (χ0) is 16.2. The zero-order valence-electron chi connectivity index (χ0n) is 13.4. The van der Waals surface area contributed by atoms with Crippen molar-refractivity contribution in [1.29, 1.82) is 0 Å². The van der Waals surface area contributed by atoms with E-state index in [-0.39, 0.29) is 10.5 Å². The molecule has 0 aliphatic carbocycles. The molecule has 2 N–H and O–H groups in total. The summed E-state index contributed by atoms with van der Waals surface area (Å²) >= 11 is 1.98. The molecule has 1 aromatic carbocycles. The van der Waals surface area contributed by atoms with Gasteiger partial charge < -0.3 is 15.3 Å². The number of nitrogens with one attached hydrogen (secondary N) is 1. The van der Waals surface area contributed by atoms with Gasteiger partial charge in [0.25, 0.3) is 0 Å². The number of hydrogen-bond donors (Lipinski definition) is 2. The summed E-state index contributed by atoms with van der Waals surface area (Å²) < 4.78 is 13.6. The third kappa shape index (κ3) is 4.53. The lowest BCUT2D eigenvalue weighted by Gasteiger charge is -2.39. The summed E-state index contributed by atoms with van der Waals surface area (Å²) in [7, 11) is 0. The summed E-state index contributed by atoms with van der Waals surface area (Å²) in [4.78, 5) is 6.88. The van der Waals surface area contributed by atoms with E-state index < -0.39 is 5.82 Å². The summed E-state index contributed by atoms with van der Waals surface area (Å²) in [5, 5.41) is 12.5. The van der Waals surface area contributed by atoms with Gasteiger partial charge in [-0.3, -0.25) is 0 Å². The van der Waals surface area contributed by atoms with Crippen molar-refractivity contribution in [3.63, 3.8) is 0 Å². The van der Waals surface area contributed by atoms with Crippen molar-refractivity contribution in [3.8, 4) is 5.75 Å². The van der Waals surface area contributed by atoms with Crippen LogP contribution in [0.5, 0.6) is 5.75 Å². The molecule has 0 aromatic heterocycles. The first-order chi connectivity index (χ1) is 10.4. The molecule has 0 saturated carbocycles. The van der Waals surface area contributed by atoms with E-state index in [4.69, 9.17) is 0 Å². The molecule has 6 heteroatoms. The monoisotopic (exact) mass is 325 g/mol. The van der Waals surface area contributed by atoms with E-state index in [1.54, 1.807) is 6.07 Å². The molecular weight excluding hydrogens is 301 g/mol. The molecule has 0 bridgehead atoms. The van der Waals surface area contributed by atoms with E-state index in [2.05, 4.69) is 29.1 Å². The minimum atomic E-state index is -0.604. The predicted octanol–water partition coefficient (Wildman–Crippen LogP) is 2.82. The Morgan fingerprint density at radius 3 is 2.91 bits per heavy atom. The van der Waals surface area contributed by atoms with Crippen molar-refractivity contribution in [3.05, 3.63) is 29.6 Å². The van der Waals surface area contributed by atoms with Crippen LogP contribution in [0.1, 0.15) is 26.3 Å². The van der Waals surface area contributed by atoms with Gasteiger partial charge in [0.05, 0.1) is 6.54 Å². The van der Waals surface area contributed by atoms with Gasteiger partial charge in [0.2, 0.25) is 0 Å². The Morgan fingerprint density at radius 1 is 1.50 bits per heavy atom. The fraction of sp³-hybridized carbons (Fsp3) is 0.562. The fourth-order valence-electron chi connectivity index (χ4n) is 2.44. The minimum absolute atomic E-state index is 0.207. The number of phenolic OH excluding ortho intramolecular Hbond substituents is 1. The largest absolute Gasteiger partial charge is 0.505 e. The number of thioether (sulfide) groups is 1. The molecule has 0 unspecified atom stereocenters. The average molecular weight is 325 g/mol. The van der Waals surface area contributed by atoms with E-state index in [9.17, 15) is 9.50 Å². The number of phenols is 1. The van der Waals surface area contributed by atoms with E-state index in [0.29, 0.717) is 6.54 Å². The molecule has 1 heterocycles. The Labute approximate surface area is 135 Å². The molecule has 0 radical (unpaired) electrons. The number of benzene rings is 1. The van der Waals surface area contributed by atoms with Crippen molar-refractivity contribution >= 4 is 17.7 Å². The standard InChI is InChI=1S/C16H24FN3OS/c1-4-18-15(20-7-8-22-16(2,3)11-20)19-10-12-5-6-14(21)13(17)9-12/h5-6,9,21H,4,7-8,10-11H2,1-3H3,(H,18,19). The van der Waals surface area contributed by atoms with Gasteiger partial charge in [-0.1, -0.05) is 6.07 Å². The van der Waals surface area contributed by atoms with Crippen LogP contribution >= 0.6 is 11.8 Å². The van der Waals surface area contributed by atoms with E-state index in [1.807, 2.05) is 18.7 Å². The number of guanidine groups is 1. The molecule has 1 fully saturated rings. The number of nitrogens with zero attached hydrogens (tertiary/aromatic N) is 2. The van der Waals surface area contributed by atoms with Crippen LogP contribution in [0.15, 0.2) is 23.2 Å². The molecule has 2 rings (SSSR count). The second kappa shape index (κ2) is 7.22. The third-order valence-corrected chi connectivity index (χ3v) is 4.78. The molecule has 22 heavy (non-hydrogen) atoms. The number of halogens is 1. The lowest BCUT2D eigenvalue weighted by molar-refractivity contribution is 0.376. The van der Waals surface area contributed by atoms with Crippen LogP contribution in [0, 0.1) is 5.82 Å². The van der Waals surface area contributed by atoms with Gasteiger partial charge in [0.15, 0.2) is 17.5 Å². The number of aromatic hydroxyl groups is 1. The van der Waals surface area contributed by atoms with Gasteiger partial charge in [-0.05, 0) is 38.5 Å². The van der Waals surface area contributed by atoms with Crippen LogP contribution in [-0.2, 0) is 6.54 Å². The van der Waals surface area contributed by atoms with Crippen LogP contribution in [0.2, 0.25) is 0 Å². The Kier molecular flexibility index (Phi) is 5.56.